The molecule has 0 aromatic rings. The molecule has 1 rings (SSSR count). The first-order valence-electron chi connectivity index (χ1n) is 4.34. The van der Waals surface area contributed by atoms with E-state index in [-0.39, 0.29) is 12.4 Å². The molecule has 0 bridgehead atoms. The molecule has 0 radical (unpaired) electrons. The van der Waals surface area contributed by atoms with Crippen LogP contribution in [0.2, 0.25) is 0 Å². The van der Waals surface area contributed by atoms with Crippen LogP contribution in [-0.4, -0.2) is 45.4 Å². The molecule has 0 amide bonds. The summed E-state index contributed by atoms with van der Waals surface area (Å²) < 4.78 is 27.4. The van der Waals surface area contributed by atoms with Crippen molar-refractivity contribution in [2.24, 2.45) is 5.41 Å². The number of aliphatic hydroxyl groups is 1. The summed E-state index contributed by atoms with van der Waals surface area (Å²) in [7, 11) is -3.01. The smallest absolute Gasteiger partial charge is 0.148 e. The van der Waals surface area contributed by atoms with Crippen molar-refractivity contribution in [3.63, 3.8) is 0 Å². The Labute approximate surface area is 78.8 Å². The van der Waals surface area contributed by atoms with Crippen LogP contribution in [0.5, 0.6) is 0 Å². The molecule has 4 nitrogen and oxygen atoms in total. The first-order chi connectivity index (χ1) is 5.97. The molecular weight excluding hydrogens is 192 g/mol. The normalized spacial score (nSPS) is 22.9. The summed E-state index contributed by atoms with van der Waals surface area (Å²) in [5.41, 5.74) is -0.453. The van der Waals surface area contributed by atoms with Crippen LogP contribution in [0.15, 0.2) is 0 Å². The Morgan fingerprint density at radius 3 is 2.31 bits per heavy atom. The van der Waals surface area contributed by atoms with Crippen molar-refractivity contribution in [2.45, 2.75) is 12.8 Å². The second-order valence-corrected chi connectivity index (χ2v) is 5.98. The third kappa shape index (κ3) is 3.25. The van der Waals surface area contributed by atoms with Gasteiger partial charge in [0.1, 0.15) is 9.84 Å². The third-order valence-electron chi connectivity index (χ3n) is 2.46. The molecule has 1 fully saturated rings. The van der Waals surface area contributed by atoms with E-state index in [2.05, 4.69) is 0 Å². The van der Waals surface area contributed by atoms with E-state index >= 15 is 0 Å². The summed E-state index contributed by atoms with van der Waals surface area (Å²) in [6.45, 7) is 1.04. The zero-order valence-electron chi connectivity index (χ0n) is 7.82. The number of ether oxygens (including phenoxy) is 1. The van der Waals surface area contributed by atoms with Crippen molar-refractivity contribution >= 4 is 9.84 Å². The maximum atomic E-state index is 11.1. The van der Waals surface area contributed by atoms with E-state index in [9.17, 15) is 13.5 Å². The molecule has 1 aliphatic heterocycles. The average Bonchev–Trinajstić information content (AvgIpc) is 2.03. The lowest BCUT2D eigenvalue weighted by Gasteiger charge is -2.34. The Morgan fingerprint density at radius 1 is 1.38 bits per heavy atom. The zero-order valence-corrected chi connectivity index (χ0v) is 8.64. The Bertz CT molecular complexity index is 251. The molecule has 0 unspecified atom stereocenters. The van der Waals surface area contributed by atoms with Gasteiger partial charge in [0.2, 0.25) is 0 Å². The third-order valence-corrected chi connectivity index (χ3v) is 3.59. The van der Waals surface area contributed by atoms with E-state index in [0.29, 0.717) is 26.1 Å². The molecule has 1 heterocycles. The van der Waals surface area contributed by atoms with Crippen LogP contribution in [0, 0.1) is 5.41 Å². The van der Waals surface area contributed by atoms with Crippen molar-refractivity contribution in [1.29, 1.82) is 0 Å². The maximum Gasteiger partial charge on any atom is 0.148 e. The quantitative estimate of drug-likeness (QED) is 0.699. The predicted molar refractivity (Wildman–Crippen MR) is 49.3 cm³/mol. The fraction of sp³-hybridized carbons (Fsp3) is 1.00. The van der Waals surface area contributed by atoms with Crippen LogP contribution in [0.25, 0.3) is 0 Å². The van der Waals surface area contributed by atoms with E-state index in [1.165, 1.54) is 6.26 Å². The number of hydrogen-bond donors (Lipinski definition) is 1. The Balaban J connectivity index is 2.68. The molecule has 5 heteroatoms. The number of aliphatic hydroxyl groups excluding tert-OH is 1. The van der Waals surface area contributed by atoms with Gasteiger partial charge in [0.15, 0.2) is 0 Å². The van der Waals surface area contributed by atoms with Gasteiger partial charge in [0.05, 0.1) is 5.75 Å². The lowest BCUT2D eigenvalue weighted by Crippen LogP contribution is -2.38. The van der Waals surface area contributed by atoms with Crippen molar-refractivity contribution in [3.05, 3.63) is 0 Å². The van der Waals surface area contributed by atoms with Gasteiger partial charge in [-0.1, -0.05) is 0 Å². The first-order valence-corrected chi connectivity index (χ1v) is 6.40. The molecule has 78 valence electrons. The fourth-order valence-electron chi connectivity index (χ4n) is 1.71. The monoisotopic (exact) mass is 208 g/mol. The molecule has 0 aromatic carbocycles. The molecule has 13 heavy (non-hydrogen) atoms. The molecular formula is C8H16O4S. The molecule has 1 saturated heterocycles. The second kappa shape index (κ2) is 3.94. The van der Waals surface area contributed by atoms with E-state index < -0.39 is 15.3 Å². The van der Waals surface area contributed by atoms with Crippen LogP contribution < -0.4 is 0 Å². The summed E-state index contributed by atoms with van der Waals surface area (Å²) in [6.07, 6.45) is 2.48. The van der Waals surface area contributed by atoms with E-state index in [4.69, 9.17) is 4.74 Å². The van der Waals surface area contributed by atoms with Crippen LogP contribution in [-0.2, 0) is 14.6 Å². The minimum Gasteiger partial charge on any atom is -0.396 e. The van der Waals surface area contributed by atoms with E-state index in [1.54, 1.807) is 0 Å². The number of hydrogen-bond acceptors (Lipinski definition) is 4. The minimum absolute atomic E-state index is 0.0660. The molecule has 0 saturated carbocycles. The molecule has 0 aliphatic carbocycles. The summed E-state index contributed by atoms with van der Waals surface area (Å²) >= 11 is 0. The molecule has 0 aromatic heterocycles. The standard InChI is InChI=1S/C8H16O4S/c1-13(10,11)7-8(6-9)2-4-12-5-3-8/h9H,2-7H2,1H3. The van der Waals surface area contributed by atoms with Crippen LogP contribution in [0.1, 0.15) is 12.8 Å². The summed E-state index contributed by atoms with van der Waals surface area (Å²) in [6, 6.07) is 0. The van der Waals surface area contributed by atoms with E-state index in [0.717, 1.165) is 0 Å². The molecule has 0 spiro atoms. The molecule has 1 aliphatic rings. The van der Waals surface area contributed by atoms with Gasteiger partial charge < -0.3 is 9.84 Å². The van der Waals surface area contributed by atoms with Crippen LogP contribution in [0.3, 0.4) is 0 Å². The molecule has 1 N–H and O–H groups in total. The van der Waals surface area contributed by atoms with E-state index in [1.807, 2.05) is 0 Å². The first kappa shape index (κ1) is 10.9. The number of sulfone groups is 1. The van der Waals surface area contributed by atoms with Gasteiger partial charge in [-0.05, 0) is 12.8 Å². The highest BCUT2D eigenvalue weighted by Crippen LogP contribution is 2.31. The maximum absolute atomic E-state index is 11.1. The van der Waals surface area contributed by atoms with Gasteiger partial charge in [-0.2, -0.15) is 0 Å². The van der Waals surface area contributed by atoms with Crippen molar-refractivity contribution in [2.75, 3.05) is 31.8 Å². The Hall–Kier alpha value is -0.130. The zero-order chi connectivity index (χ0) is 9.95. The van der Waals surface area contributed by atoms with Gasteiger partial charge in [-0.3, -0.25) is 0 Å². The topological polar surface area (TPSA) is 63.6 Å². The van der Waals surface area contributed by atoms with Crippen molar-refractivity contribution in [3.8, 4) is 0 Å². The van der Waals surface area contributed by atoms with Gasteiger partial charge in [0.25, 0.3) is 0 Å². The number of rotatable bonds is 3. The molecule has 0 atom stereocenters. The van der Waals surface area contributed by atoms with Crippen LogP contribution >= 0.6 is 0 Å². The summed E-state index contributed by atoms with van der Waals surface area (Å²) in [5.74, 6) is 0.0693. The van der Waals surface area contributed by atoms with Gasteiger partial charge >= 0.3 is 0 Å². The second-order valence-electron chi connectivity index (χ2n) is 3.84. The summed E-state index contributed by atoms with van der Waals surface area (Å²) in [4.78, 5) is 0. The largest absolute Gasteiger partial charge is 0.396 e. The summed E-state index contributed by atoms with van der Waals surface area (Å²) in [5, 5.41) is 9.18. The lowest BCUT2D eigenvalue weighted by molar-refractivity contribution is -0.00356. The average molecular weight is 208 g/mol. The predicted octanol–water partition coefficient (Wildman–Crippen LogP) is -0.180. The van der Waals surface area contributed by atoms with Gasteiger partial charge in [-0.25, -0.2) is 8.42 Å². The Morgan fingerprint density at radius 2 is 1.92 bits per heavy atom. The highest BCUT2D eigenvalue weighted by atomic mass is 32.2. The lowest BCUT2D eigenvalue weighted by atomic mass is 9.83. The minimum atomic E-state index is -3.01. The van der Waals surface area contributed by atoms with Gasteiger partial charge in [-0.15, -0.1) is 0 Å². The van der Waals surface area contributed by atoms with Crippen LogP contribution in [0.4, 0.5) is 0 Å². The highest BCUT2D eigenvalue weighted by Gasteiger charge is 2.35. The SMILES string of the molecule is CS(=O)(=O)CC1(CO)CCOCC1. The Kier molecular flexibility index (Phi) is 3.32. The van der Waals surface area contributed by atoms with Gasteiger partial charge in [0, 0.05) is 31.5 Å². The highest BCUT2D eigenvalue weighted by molar-refractivity contribution is 7.90. The van der Waals surface area contributed by atoms with Crippen molar-refractivity contribution < 1.29 is 18.3 Å². The van der Waals surface area contributed by atoms with Crippen molar-refractivity contribution in [1.82, 2.24) is 0 Å². The fourth-order valence-corrected chi connectivity index (χ4v) is 3.20.